The Morgan fingerprint density at radius 3 is 2.78 bits per heavy atom. The lowest BCUT2D eigenvalue weighted by molar-refractivity contribution is -0.121. The number of rotatable bonds is 5. The average molecular weight is 261 g/mol. The number of carbonyl (C=O) groups is 1. The van der Waals surface area contributed by atoms with Gasteiger partial charge < -0.3 is 11.1 Å². The predicted octanol–water partition coefficient (Wildman–Crippen LogP) is 1.97. The van der Waals surface area contributed by atoms with Gasteiger partial charge in [-0.25, -0.2) is 4.98 Å². The molecule has 0 aliphatic carbocycles. The van der Waals surface area contributed by atoms with Crippen LogP contribution in [0.15, 0.2) is 35.8 Å². The number of benzene rings is 1. The predicted molar refractivity (Wildman–Crippen MR) is 73.1 cm³/mol. The molecule has 4 nitrogen and oxygen atoms in total. The molecule has 0 saturated carbocycles. The van der Waals surface area contributed by atoms with E-state index < -0.39 is 0 Å². The van der Waals surface area contributed by atoms with Gasteiger partial charge in [0.05, 0.1) is 6.54 Å². The highest BCUT2D eigenvalue weighted by Crippen LogP contribution is 2.08. The Morgan fingerprint density at radius 1 is 1.33 bits per heavy atom. The summed E-state index contributed by atoms with van der Waals surface area (Å²) >= 11 is 1.54. The number of nitrogens with zero attached hydrogens (tertiary/aromatic N) is 1. The lowest BCUT2D eigenvalue weighted by Gasteiger charge is -2.03. The van der Waals surface area contributed by atoms with Gasteiger partial charge in [-0.3, -0.25) is 4.79 Å². The van der Waals surface area contributed by atoms with Crippen molar-refractivity contribution in [1.29, 1.82) is 0 Å². The van der Waals surface area contributed by atoms with Gasteiger partial charge in [0, 0.05) is 23.7 Å². The molecule has 0 unspecified atom stereocenters. The fourth-order valence-electron chi connectivity index (χ4n) is 1.55. The van der Waals surface area contributed by atoms with Crippen molar-refractivity contribution in [2.45, 2.75) is 19.4 Å². The molecule has 18 heavy (non-hydrogen) atoms. The van der Waals surface area contributed by atoms with Crippen molar-refractivity contribution in [1.82, 2.24) is 10.3 Å². The molecule has 3 N–H and O–H groups in total. The highest BCUT2D eigenvalue weighted by atomic mass is 32.1. The highest BCUT2D eigenvalue weighted by molar-refractivity contribution is 7.09. The largest absolute Gasteiger partial charge is 0.399 e. The number of aryl methyl sites for hydroxylation is 1. The topological polar surface area (TPSA) is 68.0 Å². The Balaban J connectivity index is 1.73. The Hall–Kier alpha value is -1.88. The van der Waals surface area contributed by atoms with Crippen molar-refractivity contribution in [2.24, 2.45) is 0 Å². The van der Waals surface area contributed by atoms with E-state index in [1.54, 1.807) is 17.5 Å². The van der Waals surface area contributed by atoms with E-state index in [2.05, 4.69) is 10.3 Å². The fourth-order valence-corrected chi connectivity index (χ4v) is 2.10. The Labute approximate surface area is 110 Å². The lowest BCUT2D eigenvalue weighted by Crippen LogP contribution is -2.22. The van der Waals surface area contributed by atoms with Crippen LogP contribution in [0.5, 0.6) is 0 Å². The molecule has 5 heteroatoms. The third kappa shape index (κ3) is 3.85. The average Bonchev–Trinajstić information content (AvgIpc) is 2.89. The molecule has 0 fully saturated rings. The van der Waals surface area contributed by atoms with E-state index in [1.807, 2.05) is 29.6 Å². The highest BCUT2D eigenvalue weighted by Gasteiger charge is 2.03. The molecule has 2 rings (SSSR count). The zero-order valence-corrected chi connectivity index (χ0v) is 10.7. The molecule has 0 spiro atoms. The van der Waals surface area contributed by atoms with Gasteiger partial charge >= 0.3 is 0 Å². The zero-order chi connectivity index (χ0) is 12.8. The van der Waals surface area contributed by atoms with Gasteiger partial charge in [-0.05, 0) is 24.1 Å². The molecule has 1 heterocycles. The first-order chi connectivity index (χ1) is 8.74. The number of thiazole rings is 1. The van der Waals surface area contributed by atoms with Crippen LogP contribution in [0.4, 0.5) is 5.69 Å². The standard InChI is InChI=1S/C13H15N3OS/c14-11-4-1-10(2-5-11)3-6-12(17)16-9-13-15-7-8-18-13/h1-2,4-5,7-8H,3,6,9,14H2,(H,16,17). The van der Waals surface area contributed by atoms with Gasteiger partial charge in [-0.2, -0.15) is 0 Å². The van der Waals surface area contributed by atoms with E-state index in [1.165, 1.54) is 0 Å². The Kier molecular flexibility index (Phi) is 4.30. The molecular formula is C13H15N3OS. The number of amides is 1. The second-order valence-electron chi connectivity index (χ2n) is 3.94. The summed E-state index contributed by atoms with van der Waals surface area (Å²) in [6.07, 6.45) is 2.94. The summed E-state index contributed by atoms with van der Waals surface area (Å²) < 4.78 is 0. The van der Waals surface area contributed by atoms with Crippen LogP contribution in [0.1, 0.15) is 17.0 Å². The van der Waals surface area contributed by atoms with Gasteiger partial charge in [0.25, 0.3) is 0 Å². The van der Waals surface area contributed by atoms with Crippen LogP contribution in [-0.2, 0) is 17.8 Å². The van der Waals surface area contributed by atoms with Gasteiger partial charge in [-0.15, -0.1) is 11.3 Å². The molecule has 0 radical (unpaired) electrons. The maximum absolute atomic E-state index is 11.6. The van der Waals surface area contributed by atoms with E-state index in [9.17, 15) is 4.79 Å². The molecule has 1 amide bonds. The molecule has 0 atom stereocenters. The van der Waals surface area contributed by atoms with Gasteiger partial charge in [0.15, 0.2) is 0 Å². The number of nitrogen functional groups attached to an aromatic ring is 1. The Bertz CT molecular complexity index is 493. The SMILES string of the molecule is Nc1ccc(CCC(=O)NCc2nccs2)cc1. The summed E-state index contributed by atoms with van der Waals surface area (Å²) in [6.45, 7) is 0.512. The molecule has 1 aromatic heterocycles. The second kappa shape index (κ2) is 6.16. The number of carbonyl (C=O) groups excluding carboxylic acids is 1. The van der Waals surface area contributed by atoms with Crippen LogP contribution in [0, 0.1) is 0 Å². The van der Waals surface area contributed by atoms with Crippen LogP contribution in [-0.4, -0.2) is 10.9 Å². The van der Waals surface area contributed by atoms with Gasteiger partial charge in [-0.1, -0.05) is 12.1 Å². The van der Waals surface area contributed by atoms with E-state index in [0.29, 0.717) is 13.0 Å². The van der Waals surface area contributed by atoms with Crippen molar-refractivity contribution >= 4 is 22.9 Å². The van der Waals surface area contributed by atoms with Crippen LogP contribution >= 0.6 is 11.3 Å². The number of anilines is 1. The number of hydrogen-bond acceptors (Lipinski definition) is 4. The third-order valence-corrected chi connectivity index (χ3v) is 3.32. The normalized spacial score (nSPS) is 10.2. The zero-order valence-electron chi connectivity index (χ0n) is 9.93. The smallest absolute Gasteiger partial charge is 0.220 e. The quantitative estimate of drug-likeness (QED) is 0.809. The van der Waals surface area contributed by atoms with Crippen molar-refractivity contribution in [3.05, 3.63) is 46.4 Å². The monoisotopic (exact) mass is 261 g/mol. The summed E-state index contributed by atoms with van der Waals surface area (Å²) in [5.74, 6) is 0.0435. The number of aromatic nitrogens is 1. The van der Waals surface area contributed by atoms with E-state index in [0.717, 1.165) is 22.7 Å². The Morgan fingerprint density at radius 2 is 2.11 bits per heavy atom. The minimum atomic E-state index is 0.0435. The van der Waals surface area contributed by atoms with Crippen LogP contribution < -0.4 is 11.1 Å². The second-order valence-corrected chi connectivity index (χ2v) is 4.92. The van der Waals surface area contributed by atoms with Crippen molar-refractivity contribution in [3.63, 3.8) is 0 Å². The number of nitrogens with one attached hydrogen (secondary N) is 1. The first-order valence-corrected chi connectivity index (χ1v) is 6.61. The number of nitrogens with two attached hydrogens (primary N) is 1. The van der Waals surface area contributed by atoms with Gasteiger partial charge in [0.2, 0.25) is 5.91 Å². The van der Waals surface area contributed by atoms with Crippen molar-refractivity contribution in [3.8, 4) is 0 Å². The minimum absolute atomic E-state index is 0.0435. The molecule has 2 aromatic rings. The first kappa shape index (κ1) is 12.6. The molecular weight excluding hydrogens is 246 g/mol. The maximum Gasteiger partial charge on any atom is 0.220 e. The van der Waals surface area contributed by atoms with E-state index in [4.69, 9.17) is 5.73 Å². The van der Waals surface area contributed by atoms with Crippen molar-refractivity contribution < 1.29 is 4.79 Å². The molecule has 94 valence electrons. The maximum atomic E-state index is 11.6. The van der Waals surface area contributed by atoms with Crippen LogP contribution in [0.25, 0.3) is 0 Å². The first-order valence-electron chi connectivity index (χ1n) is 5.73. The molecule has 0 aliphatic heterocycles. The van der Waals surface area contributed by atoms with Crippen LogP contribution in [0.2, 0.25) is 0 Å². The summed E-state index contributed by atoms with van der Waals surface area (Å²) in [5, 5.41) is 5.68. The van der Waals surface area contributed by atoms with E-state index >= 15 is 0 Å². The summed E-state index contributed by atoms with van der Waals surface area (Å²) in [4.78, 5) is 15.7. The molecule has 1 aromatic carbocycles. The van der Waals surface area contributed by atoms with E-state index in [-0.39, 0.29) is 5.91 Å². The minimum Gasteiger partial charge on any atom is -0.399 e. The third-order valence-electron chi connectivity index (χ3n) is 2.54. The van der Waals surface area contributed by atoms with Crippen molar-refractivity contribution in [2.75, 3.05) is 5.73 Å². The molecule has 0 bridgehead atoms. The molecule has 0 saturated heterocycles. The van der Waals surface area contributed by atoms with Gasteiger partial charge in [0.1, 0.15) is 5.01 Å². The summed E-state index contributed by atoms with van der Waals surface area (Å²) in [7, 11) is 0. The summed E-state index contributed by atoms with van der Waals surface area (Å²) in [5.41, 5.74) is 7.46. The van der Waals surface area contributed by atoms with Crippen LogP contribution in [0.3, 0.4) is 0 Å². The fraction of sp³-hybridized carbons (Fsp3) is 0.231. The lowest BCUT2D eigenvalue weighted by atomic mass is 10.1. The number of hydrogen-bond donors (Lipinski definition) is 2. The summed E-state index contributed by atoms with van der Waals surface area (Å²) in [6, 6.07) is 7.60. The molecule has 0 aliphatic rings.